The SMILES string of the molecule is CCOC(=O)c1nn(-c2ccccc2)c(=O)cc1N1CCN(C(c2ccccc2)c2ccccc2)CC1. The zero-order chi connectivity index (χ0) is 25.6. The molecule has 1 saturated heterocycles. The van der Waals surface area contributed by atoms with E-state index in [1.807, 2.05) is 30.3 Å². The van der Waals surface area contributed by atoms with Gasteiger partial charge in [-0.25, -0.2) is 4.79 Å². The first-order valence-corrected chi connectivity index (χ1v) is 12.6. The number of rotatable bonds is 7. The van der Waals surface area contributed by atoms with Crippen LogP contribution < -0.4 is 10.5 Å². The summed E-state index contributed by atoms with van der Waals surface area (Å²) in [6.07, 6.45) is 0. The van der Waals surface area contributed by atoms with Gasteiger partial charge in [-0.3, -0.25) is 9.69 Å². The molecule has 7 heteroatoms. The van der Waals surface area contributed by atoms with Gasteiger partial charge in [0.2, 0.25) is 0 Å². The summed E-state index contributed by atoms with van der Waals surface area (Å²) in [6.45, 7) is 4.82. The molecule has 1 fully saturated rings. The van der Waals surface area contributed by atoms with Crippen molar-refractivity contribution in [2.45, 2.75) is 13.0 Å². The Labute approximate surface area is 216 Å². The van der Waals surface area contributed by atoms with Crippen LogP contribution in [0.1, 0.15) is 34.6 Å². The van der Waals surface area contributed by atoms with Gasteiger partial charge in [-0.05, 0) is 30.2 Å². The number of ether oxygens (including phenoxy) is 1. The molecule has 0 N–H and O–H groups in total. The first kappa shape index (κ1) is 24.5. The number of carbonyl (C=O) groups excluding carboxylic acids is 1. The summed E-state index contributed by atoms with van der Waals surface area (Å²) in [6, 6.07) is 31.7. The molecule has 37 heavy (non-hydrogen) atoms. The molecule has 1 aromatic heterocycles. The maximum atomic E-state index is 13.1. The molecule has 0 unspecified atom stereocenters. The molecule has 188 valence electrons. The van der Waals surface area contributed by atoms with E-state index in [2.05, 4.69) is 63.4 Å². The van der Waals surface area contributed by atoms with Gasteiger partial charge in [0.1, 0.15) is 0 Å². The standard InChI is InChI=1S/C30H30N4O3/c1-2-37-30(36)28-26(22-27(35)34(31-28)25-16-10-5-11-17-25)32-18-20-33(21-19-32)29(23-12-6-3-7-13-23)24-14-8-4-9-15-24/h3-17,22,29H,2,18-21H2,1H3. The van der Waals surface area contributed by atoms with Crippen LogP contribution in [-0.2, 0) is 4.74 Å². The number of hydrogen-bond acceptors (Lipinski definition) is 6. The monoisotopic (exact) mass is 494 g/mol. The Morgan fingerprint density at radius 3 is 1.92 bits per heavy atom. The van der Waals surface area contributed by atoms with E-state index in [0.29, 0.717) is 24.5 Å². The first-order chi connectivity index (χ1) is 18.2. The van der Waals surface area contributed by atoms with Crippen LogP contribution in [-0.4, -0.2) is 53.4 Å². The van der Waals surface area contributed by atoms with Crippen LogP contribution in [0.5, 0.6) is 0 Å². The van der Waals surface area contributed by atoms with Crippen molar-refractivity contribution in [3.63, 3.8) is 0 Å². The van der Waals surface area contributed by atoms with Crippen molar-refractivity contribution in [3.8, 4) is 5.69 Å². The molecular formula is C30H30N4O3. The number of aromatic nitrogens is 2. The molecule has 0 radical (unpaired) electrons. The van der Waals surface area contributed by atoms with Gasteiger partial charge in [0.25, 0.3) is 5.56 Å². The number of hydrogen-bond donors (Lipinski definition) is 0. The summed E-state index contributed by atoms with van der Waals surface area (Å²) in [5, 5.41) is 4.46. The van der Waals surface area contributed by atoms with E-state index in [-0.39, 0.29) is 23.9 Å². The third-order valence-electron chi connectivity index (χ3n) is 6.63. The van der Waals surface area contributed by atoms with Crippen LogP contribution in [0.15, 0.2) is 102 Å². The van der Waals surface area contributed by atoms with Crippen LogP contribution in [0.2, 0.25) is 0 Å². The molecule has 1 aliphatic rings. The van der Waals surface area contributed by atoms with Crippen molar-refractivity contribution in [3.05, 3.63) is 124 Å². The molecule has 1 aliphatic heterocycles. The van der Waals surface area contributed by atoms with Crippen LogP contribution in [0.3, 0.4) is 0 Å². The average molecular weight is 495 g/mol. The number of anilines is 1. The third kappa shape index (κ3) is 5.32. The van der Waals surface area contributed by atoms with E-state index in [1.165, 1.54) is 21.9 Å². The summed E-state index contributed by atoms with van der Waals surface area (Å²) in [4.78, 5) is 30.5. The number of piperazine rings is 1. The summed E-state index contributed by atoms with van der Waals surface area (Å²) in [5.74, 6) is -0.531. The van der Waals surface area contributed by atoms with Crippen molar-refractivity contribution in [2.75, 3.05) is 37.7 Å². The van der Waals surface area contributed by atoms with Gasteiger partial charge in [0.15, 0.2) is 5.69 Å². The summed E-state index contributed by atoms with van der Waals surface area (Å²) < 4.78 is 6.57. The fraction of sp³-hybridized carbons (Fsp3) is 0.233. The maximum Gasteiger partial charge on any atom is 0.360 e. The summed E-state index contributed by atoms with van der Waals surface area (Å²) >= 11 is 0. The van der Waals surface area contributed by atoms with Crippen LogP contribution in [0.25, 0.3) is 5.69 Å². The third-order valence-corrected chi connectivity index (χ3v) is 6.63. The molecule has 5 rings (SSSR count). The molecule has 7 nitrogen and oxygen atoms in total. The number of para-hydroxylation sites is 1. The molecule has 0 atom stereocenters. The van der Waals surface area contributed by atoms with Crippen LogP contribution in [0.4, 0.5) is 5.69 Å². The highest BCUT2D eigenvalue weighted by Gasteiger charge is 2.29. The second kappa shape index (κ2) is 11.2. The van der Waals surface area contributed by atoms with E-state index in [0.717, 1.165) is 13.1 Å². The molecule has 0 spiro atoms. The van der Waals surface area contributed by atoms with E-state index in [1.54, 1.807) is 19.1 Å². The number of carbonyl (C=O) groups is 1. The van der Waals surface area contributed by atoms with Crippen molar-refractivity contribution in [1.29, 1.82) is 0 Å². The van der Waals surface area contributed by atoms with Gasteiger partial charge in [-0.15, -0.1) is 0 Å². The minimum Gasteiger partial charge on any atom is -0.461 e. The van der Waals surface area contributed by atoms with Crippen molar-refractivity contribution < 1.29 is 9.53 Å². The molecule has 0 bridgehead atoms. The second-order valence-corrected chi connectivity index (χ2v) is 8.93. The molecule has 4 aromatic rings. The smallest absolute Gasteiger partial charge is 0.360 e. The molecule has 0 saturated carbocycles. The predicted molar refractivity (Wildman–Crippen MR) is 144 cm³/mol. The Hall–Kier alpha value is -4.23. The van der Waals surface area contributed by atoms with Crippen LogP contribution in [0, 0.1) is 0 Å². The van der Waals surface area contributed by atoms with E-state index >= 15 is 0 Å². The minimum absolute atomic E-state index is 0.123. The maximum absolute atomic E-state index is 13.1. The highest BCUT2D eigenvalue weighted by Crippen LogP contribution is 2.30. The van der Waals surface area contributed by atoms with Crippen molar-refractivity contribution in [1.82, 2.24) is 14.7 Å². The van der Waals surface area contributed by atoms with Gasteiger partial charge in [0, 0.05) is 32.2 Å². The largest absolute Gasteiger partial charge is 0.461 e. The fourth-order valence-electron chi connectivity index (χ4n) is 4.89. The Balaban J connectivity index is 1.44. The van der Waals surface area contributed by atoms with E-state index in [4.69, 9.17) is 4.74 Å². The highest BCUT2D eigenvalue weighted by molar-refractivity contribution is 5.93. The van der Waals surface area contributed by atoms with E-state index in [9.17, 15) is 9.59 Å². The van der Waals surface area contributed by atoms with Crippen molar-refractivity contribution in [2.24, 2.45) is 0 Å². The first-order valence-electron chi connectivity index (χ1n) is 12.6. The zero-order valence-corrected chi connectivity index (χ0v) is 20.9. The Morgan fingerprint density at radius 2 is 1.38 bits per heavy atom. The normalized spacial score (nSPS) is 14.1. The van der Waals surface area contributed by atoms with Gasteiger partial charge in [-0.2, -0.15) is 9.78 Å². The van der Waals surface area contributed by atoms with E-state index < -0.39 is 5.97 Å². The fourth-order valence-corrected chi connectivity index (χ4v) is 4.89. The molecule has 0 amide bonds. The predicted octanol–water partition coefficient (Wildman–Crippen LogP) is 4.32. The molecular weight excluding hydrogens is 464 g/mol. The Kier molecular flexibility index (Phi) is 7.42. The molecule has 2 heterocycles. The average Bonchev–Trinajstić information content (AvgIpc) is 2.95. The van der Waals surface area contributed by atoms with Crippen molar-refractivity contribution >= 4 is 11.7 Å². The number of esters is 1. The van der Waals surface area contributed by atoms with Gasteiger partial charge >= 0.3 is 5.97 Å². The number of nitrogens with zero attached hydrogens (tertiary/aromatic N) is 4. The zero-order valence-electron chi connectivity index (χ0n) is 20.9. The summed E-state index contributed by atoms with van der Waals surface area (Å²) in [5.41, 5.74) is 3.46. The summed E-state index contributed by atoms with van der Waals surface area (Å²) in [7, 11) is 0. The Bertz CT molecular complexity index is 1340. The van der Waals surface area contributed by atoms with Gasteiger partial charge in [-0.1, -0.05) is 78.9 Å². The lowest BCUT2D eigenvalue weighted by Crippen LogP contribution is -2.48. The molecule has 3 aromatic carbocycles. The lowest BCUT2D eigenvalue weighted by atomic mass is 9.96. The minimum atomic E-state index is -0.531. The lowest BCUT2D eigenvalue weighted by Gasteiger charge is -2.40. The van der Waals surface area contributed by atoms with Gasteiger partial charge < -0.3 is 9.64 Å². The van der Waals surface area contributed by atoms with Gasteiger partial charge in [0.05, 0.1) is 24.0 Å². The van der Waals surface area contributed by atoms with Crippen LogP contribution >= 0.6 is 0 Å². The molecule has 0 aliphatic carbocycles. The second-order valence-electron chi connectivity index (χ2n) is 8.93. The highest BCUT2D eigenvalue weighted by atomic mass is 16.5. The topological polar surface area (TPSA) is 67.7 Å². The Morgan fingerprint density at radius 1 is 0.838 bits per heavy atom. The lowest BCUT2D eigenvalue weighted by molar-refractivity contribution is 0.0517. The quantitative estimate of drug-likeness (QED) is 0.357. The number of benzene rings is 3.